The highest BCUT2D eigenvalue weighted by Crippen LogP contribution is 2.35. The van der Waals surface area contributed by atoms with E-state index < -0.39 is 0 Å². The van der Waals surface area contributed by atoms with Gasteiger partial charge in [-0.3, -0.25) is 5.84 Å². The highest BCUT2D eigenvalue weighted by atomic mass is 35.5. The van der Waals surface area contributed by atoms with Gasteiger partial charge in [0, 0.05) is 10.6 Å². The molecular formula is C17H21ClN2O. The number of nitrogens with one attached hydrogen (secondary N) is 1. The number of benzene rings is 2. The van der Waals surface area contributed by atoms with Gasteiger partial charge in [0.2, 0.25) is 0 Å². The van der Waals surface area contributed by atoms with E-state index in [0.717, 1.165) is 33.6 Å². The third kappa shape index (κ3) is 3.21. The lowest BCUT2D eigenvalue weighted by atomic mass is 9.91. The summed E-state index contributed by atoms with van der Waals surface area (Å²) >= 11 is 6.14. The second kappa shape index (κ2) is 6.48. The highest BCUT2D eigenvalue weighted by molar-refractivity contribution is 6.30. The first kappa shape index (κ1) is 15.8. The van der Waals surface area contributed by atoms with Gasteiger partial charge in [0.15, 0.2) is 0 Å². The fraction of sp³-hybridized carbons (Fsp3) is 0.294. The van der Waals surface area contributed by atoms with Crippen LogP contribution in [0.3, 0.4) is 0 Å². The molecule has 0 aromatic heterocycles. The Balaban J connectivity index is 2.64. The average molecular weight is 305 g/mol. The van der Waals surface area contributed by atoms with Gasteiger partial charge in [0.1, 0.15) is 5.75 Å². The van der Waals surface area contributed by atoms with Crippen LogP contribution in [0.1, 0.15) is 33.9 Å². The second-order valence-electron chi connectivity index (χ2n) is 5.30. The van der Waals surface area contributed by atoms with Crippen molar-refractivity contribution in [3.05, 3.63) is 63.2 Å². The van der Waals surface area contributed by atoms with E-state index in [0.29, 0.717) is 5.02 Å². The Morgan fingerprint density at radius 1 is 1.10 bits per heavy atom. The van der Waals surface area contributed by atoms with Crippen molar-refractivity contribution >= 4 is 11.6 Å². The molecule has 4 heteroatoms. The molecule has 1 atom stereocenters. The zero-order chi connectivity index (χ0) is 15.6. The second-order valence-corrected chi connectivity index (χ2v) is 5.73. The van der Waals surface area contributed by atoms with Crippen LogP contribution in [0.25, 0.3) is 0 Å². The lowest BCUT2D eigenvalue weighted by Crippen LogP contribution is -2.30. The molecule has 0 aliphatic heterocycles. The molecule has 0 aliphatic carbocycles. The number of hydrogen-bond donors (Lipinski definition) is 2. The summed E-state index contributed by atoms with van der Waals surface area (Å²) < 4.78 is 5.55. The molecule has 2 rings (SSSR count). The Kier molecular flexibility index (Phi) is 4.88. The number of nitrogens with two attached hydrogens (primary N) is 1. The Labute approximate surface area is 131 Å². The van der Waals surface area contributed by atoms with Crippen LogP contribution >= 0.6 is 11.6 Å². The minimum Gasteiger partial charge on any atom is -0.496 e. The van der Waals surface area contributed by atoms with E-state index in [-0.39, 0.29) is 6.04 Å². The van der Waals surface area contributed by atoms with Crippen molar-refractivity contribution in [1.29, 1.82) is 0 Å². The maximum absolute atomic E-state index is 6.14. The molecule has 0 saturated carbocycles. The van der Waals surface area contributed by atoms with Gasteiger partial charge in [-0.1, -0.05) is 23.7 Å². The first-order valence-electron chi connectivity index (χ1n) is 6.85. The standard InChI is InChI=1S/C17H21ClN2O/c1-10-7-12(3)16(15(8-10)21-4)17(20-19)14-9-13(18)6-5-11(14)2/h5-9,17,20H,19H2,1-4H3. The summed E-state index contributed by atoms with van der Waals surface area (Å²) in [5.74, 6) is 6.67. The Morgan fingerprint density at radius 2 is 1.81 bits per heavy atom. The number of aryl methyl sites for hydroxylation is 3. The van der Waals surface area contributed by atoms with Crippen LogP contribution in [0.4, 0.5) is 0 Å². The minimum absolute atomic E-state index is 0.167. The van der Waals surface area contributed by atoms with Crippen molar-refractivity contribution < 1.29 is 4.74 Å². The third-order valence-electron chi connectivity index (χ3n) is 3.72. The van der Waals surface area contributed by atoms with E-state index in [9.17, 15) is 0 Å². The number of ether oxygens (including phenoxy) is 1. The molecule has 0 bridgehead atoms. The Bertz CT molecular complexity index is 655. The molecule has 0 heterocycles. The molecule has 0 spiro atoms. The molecule has 112 valence electrons. The van der Waals surface area contributed by atoms with E-state index in [4.69, 9.17) is 22.2 Å². The molecular weight excluding hydrogens is 284 g/mol. The predicted octanol–water partition coefficient (Wildman–Crippen LogP) is 3.83. The number of hydrogen-bond acceptors (Lipinski definition) is 3. The number of halogens is 1. The SMILES string of the molecule is COc1cc(C)cc(C)c1C(NN)c1cc(Cl)ccc1C. The topological polar surface area (TPSA) is 47.3 Å². The maximum atomic E-state index is 6.14. The zero-order valence-electron chi connectivity index (χ0n) is 12.8. The summed E-state index contributed by atoms with van der Waals surface area (Å²) in [5.41, 5.74) is 8.41. The summed E-state index contributed by atoms with van der Waals surface area (Å²) in [5, 5.41) is 0.694. The van der Waals surface area contributed by atoms with Gasteiger partial charge in [-0.15, -0.1) is 0 Å². The van der Waals surface area contributed by atoms with Crippen molar-refractivity contribution in [3.63, 3.8) is 0 Å². The smallest absolute Gasteiger partial charge is 0.124 e. The largest absolute Gasteiger partial charge is 0.496 e. The maximum Gasteiger partial charge on any atom is 0.124 e. The van der Waals surface area contributed by atoms with Gasteiger partial charge in [0.05, 0.1) is 13.2 Å². The summed E-state index contributed by atoms with van der Waals surface area (Å²) in [7, 11) is 1.68. The molecule has 0 amide bonds. The van der Waals surface area contributed by atoms with Gasteiger partial charge in [-0.25, -0.2) is 5.43 Å². The van der Waals surface area contributed by atoms with Gasteiger partial charge in [-0.2, -0.15) is 0 Å². The van der Waals surface area contributed by atoms with Gasteiger partial charge >= 0.3 is 0 Å². The zero-order valence-corrected chi connectivity index (χ0v) is 13.6. The molecule has 0 aliphatic rings. The lowest BCUT2D eigenvalue weighted by molar-refractivity contribution is 0.403. The molecule has 3 nitrogen and oxygen atoms in total. The van der Waals surface area contributed by atoms with Crippen LogP contribution in [-0.4, -0.2) is 7.11 Å². The first-order chi connectivity index (χ1) is 9.97. The summed E-state index contributed by atoms with van der Waals surface area (Å²) in [4.78, 5) is 0. The van der Waals surface area contributed by atoms with E-state index in [2.05, 4.69) is 25.3 Å². The van der Waals surface area contributed by atoms with Crippen LogP contribution < -0.4 is 16.0 Å². The molecule has 3 N–H and O–H groups in total. The molecule has 2 aromatic rings. The monoisotopic (exact) mass is 304 g/mol. The van der Waals surface area contributed by atoms with Gasteiger partial charge in [0.25, 0.3) is 0 Å². The normalized spacial score (nSPS) is 12.3. The molecule has 0 fully saturated rings. The van der Waals surface area contributed by atoms with Crippen molar-refractivity contribution in [2.45, 2.75) is 26.8 Å². The average Bonchev–Trinajstić information content (AvgIpc) is 2.44. The summed E-state index contributed by atoms with van der Waals surface area (Å²) in [6.07, 6.45) is 0. The van der Waals surface area contributed by atoms with Crippen LogP contribution in [0.2, 0.25) is 5.02 Å². The third-order valence-corrected chi connectivity index (χ3v) is 3.96. The van der Waals surface area contributed by atoms with Crippen molar-refractivity contribution in [3.8, 4) is 5.75 Å². The van der Waals surface area contributed by atoms with E-state index in [1.165, 1.54) is 0 Å². The van der Waals surface area contributed by atoms with Crippen LogP contribution in [-0.2, 0) is 0 Å². The fourth-order valence-corrected chi connectivity index (χ4v) is 2.91. The van der Waals surface area contributed by atoms with Crippen molar-refractivity contribution in [1.82, 2.24) is 5.43 Å². The molecule has 0 saturated heterocycles. The van der Waals surface area contributed by atoms with E-state index >= 15 is 0 Å². The molecule has 2 aromatic carbocycles. The van der Waals surface area contributed by atoms with Gasteiger partial charge in [-0.05, 0) is 61.2 Å². The Morgan fingerprint density at radius 3 is 2.43 bits per heavy atom. The lowest BCUT2D eigenvalue weighted by Gasteiger charge is -2.24. The molecule has 1 unspecified atom stereocenters. The van der Waals surface area contributed by atoms with Crippen LogP contribution in [0, 0.1) is 20.8 Å². The summed E-state index contributed by atoms with van der Waals surface area (Å²) in [6, 6.07) is 9.80. The van der Waals surface area contributed by atoms with Crippen molar-refractivity contribution in [2.24, 2.45) is 5.84 Å². The highest BCUT2D eigenvalue weighted by Gasteiger charge is 2.21. The van der Waals surface area contributed by atoms with E-state index in [1.807, 2.05) is 31.2 Å². The quantitative estimate of drug-likeness (QED) is 0.666. The first-order valence-corrected chi connectivity index (χ1v) is 7.23. The Hall–Kier alpha value is -1.55. The van der Waals surface area contributed by atoms with Gasteiger partial charge < -0.3 is 4.74 Å². The number of methoxy groups -OCH3 is 1. The minimum atomic E-state index is -0.167. The summed E-state index contributed by atoms with van der Waals surface area (Å²) in [6.45, 7) is 6.16. The van der Waals surface area contributed by atoms with Crippen LogP contribution in [0.15, 0.2) is 30.3 Å². The molecule has 21 heavy (non-hydrogen) atoms. The van der Waals surface area contributed by atoms with E-state index in [1.54, 1.807) is 7.11 Å². The van der Waals surface area contributed by atoms with Crippen LogP contribution in [0.5, 0.6) is 5.75 Å². The molecule has 0 radical (unpaired) electrons. The number of rotatable bonds is 4. The fourth-order valence-electron chi connectivity index (χ4n) is 2.73. The predicted molar refractivity (Wildman–Crippen MR) is 87.8 cm³/mol. The number of hydrazine groups is 1. The van der Waals surface area contributed by atoms with Crippen molar-refractivity contribution in [2.75, 3.05) is 7.11 Å².